The number of carbonyl (C=O) groups is 1. The Balaban J connectivity index is 1.99. The Morgan fingerprint density at radius 3 is 2.86 bits per heavy atom. The van der Waals surface area contributed by atoms with E-state index in [1.54, 1.807) is 0 Å². The highest BCUT2D eigenvalue weighted by atomic mass is 35.5. The van der Waals surface area contributed by atoms with E-state index in [0.717, 1.165) is 0 Å². The van der Waals surface area contributed by atoms with Gasteiger partial charge in [0.05, 0.1) is 21.6 Å². The second kappa shape index (κ2) is 6.62. The molecule has 0 saturated carbocycles. The van der Waals surface area contributed by atoms with Crippen molar-refractivity contribution in [3.05, 3.63) is 22.8 Å². The van der Waals surface area contributed by atoms with Crippen molar-refractivity contribution in [3.8, 4) is 0 Å². The molecule has 0 radical (unpaired) electrons. The molecular formula is C13H18ClN3O3S. The minimum atomic E-state index is -3.05. The van der Waals surface area contributed by atoms with Gasteiger partial charge >= 0.3 is 0 Å². The Bertz CT molecular complexity index is 634. The monoisotopic (exact) mass is 331 g/mol. The fourth-order valence-electron chi connectivity index (χ4n) is 2.26. The van der Waals surface area contributed by atoms with Crippen molar-refractivity contribution in [3.63, 3.8) is 0 Å². The van der Waals surface area contributed by atoms with E-state index in [2.05, 4.69) is 15.6 Å². The molecule has 0 aliphatic carbocycles. The predicted octanol–water partition coefficient (Wildman–Crippen LogP) is 1.47. The molecule has 1 saturated heterocycles. The molecule has 8 heteroatoms. The Labute approximate surface area is 129 Å². The number of pyridine rings is 1. The van der Waals surface area contributed by atoms with Crippen molar-refractivity contribution in [2.24, 2.45) is 0 Å². The third-order valence-electron chi connectivity index (χ3n) is 3.40. The number of rotatable bonds is 5. The van der Waals surface area contributed by atoms with E-state index in [9.17, 15) is 13.2 Å². The third kappa shape index (κ3) is 3.85. The number of nitrogens with one attached hydrogen (secondary N) is 2. The summed E-state index contributed by atoms with van der Waals surface area (Å²) in [5, 5.41) is 5.49. The Morgan fingerprint density at radius 2 is 2.29 bits per heavy atom. The van der Waals surface area contributed by atoms with Crippen LogP contribution < -0.4 is 10.6 Å². The summed E-state index contributed by atoms with van der Waals surface area (Å²) >= 11 is 6.02. The molecule has 1 aromatic rings. The summed E-state index contributed by atoms with van der Waals surface area (Å²) in [6, 6.07) is 1.52. The Kier molecular flexibility index (Phi) is 5.05. The molecule has 1 aliphatic rings. The summed E-state index contributed by atoms with van der Waals surface area (Å²) in [6.07, 6.45) is 2.68. The molecule has 1 fully saturated rings. The maximum absolute atomic E-state index is 12.0. The molecule has 1 atom stereocenters. The van der Waals surface area contributed by atoms with Crippen LogP contribution in [0.15, 0.2) is 12.3 Å². The van der Waals surface area contributed by atoms with Crippen molar-refractivity contribution in [1.29, 1.82) is 0 Å². The second-order valence-electron chi connectivity index (χ2n) is 4.93. The molecule has 1 amide bonds. The normalized spacial score (nSPS) is 20.2. The summed E-state index contributed by atoms with van der Waals surface area (Å²) in [7, 11) is -3.05. The minimum absolute atomic E-state index is 0.133. The first-order valence-electron chi connectivity index (χ1n) is 6.83. The summed E-state index contributed by atoms with van der Waals surface area (Å²) < 4.78 is 23.4. The summed E-state index contributed by atoms with van der Waals surface area (Å²) in [5.74, 6) is 0.363. The zero-order valence-corrected chi connectivity index (χ0v) is 13.3. The van der Waals surface area contributed by atoms with Gasteiger partial charge in [-0.05, 0) is 25.8 Å². The van der Waals surface area contributed by atoms with Gasteiger partial charge in [-0.25, -0.2) is 13.4 Å². The van der Waals surface area contributed by atoms with Crippen LogP contribution in [0.3, 0.4) is 0 Å². The molecule has 21 heavy (non-hydrogen) atoms. The minimum Gasteiger partial charge on any atom is -0.369 e. The van der Waals surface area contributed by atoms with Crippen molar-refractivity contribution in [2.45, 2.75) is 25.0 Å². The quantitative estimate of drug-likeness (QED) is 0.853. The smallest absolute Gasteiger partial charge is 0.252 e. The van der Waals surface area contributed by atoms with Gasteiger partial charge < -0.3 is 10.6 Å². The van der Waals surface area contributed by atoms with Crippen molar-refractivity contribution in [2.75, 3.05) is 24.2 Å². The molecule has 116 valence electrons. The lowest BCUT2D eigenvalue weighted by Crippen LogP contribution is -2.34. The number of aromatic nitrogens is 1. The molecule has 1 aromatic heterocycles. The van der Waals surface area contributed by atoms with Gasteiger partial charge in [0.25, 0.3) is 5.91 Å². The van der Waals surface area contributed by atoms with Gasteiger partial charge in [0.15, 0.2) is 9.84 Å². The zero-order chi connectivity index (χ0) is 15.5. The van der Waals surface area contributed by atoms with Crippen LogP contribution in [0, 0.1) is 0 Å². The maximum Gasteiger partial charge on any atom is 0.252 e. The van der Waals surface area contributed by atoms with E-state index < -0.39 is 15.1 Å². The van der Waals surface area contributed by atoms with Crippen LogP contribution in [-0.2, 0) is 9.84 Å². The van der Waals surface area contributed by atoms with Crippen LogP contribution in [0.25, 0.3) is 0 Å². The average Bonchev–Trinajstić information content (AvgIpc) is 2.77. The topological polar surface area (TPSA) is 88.2 Å². The number of anilines is 1. The van der Waals surface area contributed by atoms with Crippen molar-refractivity contribution in [1.82, 2.24) is 10.3 Å². The van der Waals surface area contributed by atoms with Gasteiger partial charge in [-0.15, -0.1) is 0 Å². The van der Waals surface area contributed by atoms with E-state index in [4.69, 9.17) is 11.6 Å². The standard InChI is InChI=1S/C13H18ClN3O3S/c1-2-15-12-11(14)6-9(7-16-12)13(18)17-8-10-4-3-5-21(10,19)20/h6-7,10H,2-5,8H2,1H3,(H,15,16)(H,17,18). The zero-order valence-electron chi connectivity index (χ0n) is 11.7. The van der Waals surface area contributed by atoms with Crippen LogP contribution in [-0.4, -0.2) is 43.4 Å². The van der Waals surface area contributed by atoms with Crippen molar-refractivity contribution >= 4 is 33.2 Å². The van der Waals surface area contributed by atoms with E-state index >= 15 is 0 Å². The molecule has 0 spiro atoms. The molecule has 2 rings (SSSR count). The van der Waals surface area contributed by atoms with E-state index in [0.29, 0.717) is 35.8 Å². The second-order valence-corrected chi connectivity index (χ2v) is 7.73. The fourth-order valence-corrected chi connectivity index (χ4v) is 4.25. The molecule has 0 bridgehead atoms. The highest BCUT2D eigenvalue weighted by Gasteiger charge is 2.31. The summed E-state index contributed by atoms with van der Waals surface area (Å²) in [4.78, 5) is 16.1. The predicted molar refractivity (Wildman–Crippen MR) is 82.6 cm³/mol. The largest absolute Gasteiger partial charge is 0.369 e. The van der Waals surface area contributed by atoms with Crippen LogP contribution >= 0.6 is 11.6 Å². The number of amides is 1. The molecule has 1 aliphatic heterocycles. The van der Waals surface area contributed by atoms with Crippen molar-refractivity contribution < 1.29 is 13.2 Å². The van der Waals surface area contributed by atoms with Crippen LogP contribution in [0.5, 0.6) is 0 Å². The highest BCUT2D eigenvalue weighted by molar-refractivity contribution is 7.92. The number of hydrogen-bond acceptors (Lipinski definition) is 5. The maximum atomic E-state index is 12.0. The first kappa shape index (κ1) is 16.0. The lowest BCUT2D eigenvalue weighted by Gasteiger charge is -2.11. The lowest BCUT2D eigenvalue weighted by molar-refractivity contribution is 0.0953. The van der Waals surface area contributed by atoms with Gasteiger partial charge in [0.1, 0.15) is 5.82 Å². The van der Waals surface area contributed by atoms with Gasteiger partial charge in [-0.1, -0.05) is 11.6 Å². The van der Waals surface area contributed by atoms with Crippen LogP contribution in [0.1, 0.15) is 30.1 Å². The third-order valence-corrected chi connectivity index (χ3v) is 5.96. The van der Waals surface area contributed by atoms with Gasteiger partial charge in [-0.2, -0.15) is 0 Å². The number of sulfone groups is 1. The van der Waals surface area contributed by atoms with Crippen LogP contribution in [0.2, 0.25) is 5.02 Å². The number of hydrogen-bond donors (Lipinski definition) is 2. The molecule has 0 aromatic carbocycles. The first-order valence-corrected chi connectivity index (χ1v) is 8.92. The molecule has 1 unspecified atom stereocenters. The number of halogens is 1. The van der Waals surface area contributed by atoms with Crippen LogP contribution in [0.4, 0.5) is 5.82 Å². The number of nitrogens with zero attached hydrogens (tertiary/aromatic N) is 1. The van der Waals surface area contributed by atoms with Gasteiger partial charge in [0.2, 0.25) is 0 Å². The summed E-state index contributed by atoms with van der Waals surface area (Å²) in [5.41, 5.74) is 0.317. The highest BCUT2D eigenvalue weighted by Crippen LogP contribution is 2.21. The fraction of sp³-hybridized carbons (Fsp3) is 0.538. The number of carbonyl (C=O) groups excluding carboxylic acids is 1. The molecule has 6 nitrogen and oxygen atoms in total. The van der Waals surface area contributed by atoms with E-state index in [1.807, 2.05) is 6.92 Å². The lowest BCUT2D eigenvalue weighted by atomic mass is 10.2. The molecular weight excluding hydrogens is 314 g/mol. The Hall–Kier alpha value is -1.34. The van der Waals surface area contributed by atoms with E-state index in [1.165, 1.54) is 12.3 Å². The Morgan fingerprint density at radius 1 is 1.52 bits per heavy atom. The summed E-state index contributed by atoms with van der Waals surface area (Å²) in [6.45, 7) is 2.73. The molecule has 2 heterocycles. The molecule has 2 N–H and O–H groups in total. The first-order chi connectivity index (χ1) is 9.94. The van der Waals surface area contributed by atoms with E-state index in [-0.39, 0.29) is 18.2 Å². The SMILES string of the molecule is CCNc1ncc(C(=O)NCC2CCCS2(=O)=O)cc1Cl. The average molecular weight is 332 g/mol. The van der Waals surface area contributed by atoms with Gasteiger partial charge in [0, 0.05) is 19.3 Å². The van der Waals surface area contributed by atoms with Gasteiger partial charge in [-0.3, -0.25) is 4.79 Å².